The second kappa shape index (κ2) is 7.56. The first-order chi connectivity index (χ1) is 14.0. The molecule has 29 heavy (non-hydrogen) atoms. The lowest BCUT2D eigenvalue weighted by Gasteiger charge is -2.16. The fourth-order valence-electron chi connectivity index (χ4n) is 3.56. The molecular weight excluding hydrogens is 366 g/mol. The first kappa shape index (κ1) is 19.0. The van der Waals surface area contributed by atoms with E-state index in [9.17, 15) is 9.90 Å². The summed E-state index contributed by atoms with van der Waals surface area (Å²) in [6.45, 7) is 4.17. The lowest BCUT2D eigenvalue weighted by Crippen LogP contribution is -2.24. The van der Waals surface area contributed by atoms with Crippen LogP contribution in [0.2, 0.25) is 0 Å². The van der Waals surface area contributed by atoms with Gasteiger partial charge in [-0.3, -0.25) is 4.79 Å². The SMILES string of the molecule is COc1ccc(-c2cc3c(=O)n(CC(O)c4ccc(C)cc4C)ccn3n2)cc1. The minimum atomic E-state index is -0.764. The maximum absolute atomic E-state index is 13.0. The molecule has 1 N–H and O–H groups in total. The van der Waals surface area contributed by atoms with Gasteiger partial charge in [0.2, 0.25) is 0 Å². The Kier molecular flexibility index (Phi) is 4.94. The molecule has 0 aliphatic rings. The van der Waals surface area contributed by atoms with Gasteiger partial charge in [-0.15, -0.1) is 0 Å². The number of nitrogens with zero attached hydrogens (tertiary/aromatic N) is 3. The van der Waals surface area contributed by atoms with Crippen molar-refractivity contribution in [1.82, 2.24) is 14.2 Å². The molecule has 0 fully saturated rings. The lowest BCUT2D eigenvalue weighted by molar-refractivity contribution is 0.154. The third kappa shape index (κ3) is 3.67. The Morgan fingerprint density at radius 3 is 2.52 bits per heavy atom. The van der Waals surface area contributed by atoms with Crippen LogP contribution < -0.4 is 10.3 Å². The monoisotopic (exact) mass is 389 g/mol. The van der Waals surface area contributed by atoms with E-state index >= 15 is 0 Å². The summed E-state index contributed by atoms with van der Waals surface area (Å²) in [4.78, 5) is 13.0. The average Bonchev–Trinajstić information content (AvgIpc) is 3.15. The summed E-state index contributed by atoms with van der Waals surface area (Å²) in [7, 11) is 1.62. The number of rotatable bonds is 5. The molecule has 0 bridgehead atoms. The highest BCUT2D eigenvalue weighted by atomic mass is 16.5. The molecular formula is C23H23N3O3. The van der Waals surface area contributed by atoms with Gasteiger partial charge in [0.1, 0.15) is 11.3 Å². The molecule has 4 aromatic rings. The molecule has 6 heteroatoms. The number of hydrogen-bond acceptors (Lipinski definition) is 4. The van der Waals surface area contributed by atoms with E-state index in [2.05, 4.69) is 5.10 Å². The maximum Gasteiger partial charge on any atom is 0.276 e. The van der Waals surface area contributed by atoms with Gasteiger partial charge in [-0.2, -0.15) is 5.10 Å². The Labute approximate surface area is 168 Å². The number of aromatic nitrogens is 3. The molecule has 0 saturated heterocycles. The van der Waals surface area contributed by atoms with Gasteiger partial charge in [0, 0.05) is 18.0 Å². The number of aliphatic hydroxyl groups is 1. The van der Waals surface area contributed by atoms with Gasteiger partial charge in [-0.05, 0) is 55.3 Å². The average molecular weight is 389 g/mol. The fourth-order valence-corrected chi connectivity index (χ4v) is 3.56. The third-order valence-electron chi connectivity index (χ3n) is 5.14. The lowest BCUT2D eigenvalue weighted by atomic mass is 10.0. The zero-order chi connectivity index (χ0) is 20.5. The fraction of sp³-hybridized carbons (Fsp3) is 0.217. The zero-order valence-electron chi connectivity index (χ0n) is 16.7. The first-order valence-electron chi connectivity index (χ1n) is 9.45. The number of fused-ring (bicyclic) bond motifs is 1. The van der Waals surface area contributed by atoms with Crippen molar-refractivity contribution in [2.24, 2.45) is 0 Å². The van der Waals surface area contributed by atoms with E-state index in [-0.39, 0.29) is 12.1 Å². The van der Waals surface area contributed by atoms with Gasteiger partial charge in [0.15, 0.2) is 0 Å². The minimum absolute atomic E-state index is 0.183. The minimum Gasteiger partial charge on any atom is -0.497 e. The van der Waals surface area contributed by atoms with Gasteiger partial charge in [0.05, 0.1) is 25.5 Å². The van der Waals surface area contributed by atoms with Gasteiger partial charge in [-0.1, -0.05) is 23.8 Å². The Hall–Kier alpha value is -3.38. The van der Waals surface area contributed by atoms with Crippen LogP contribution in [0.4, 0.5) is 0 Å². The van der Waals surface area contributed by atoms with Crippen LogP contribution in [0.15, 0.2) is 65.7 Å². The molecule has 6 nitrogen and oxygen atoms in total. The van der Waals surface area contributed by atoms with Crippen LogP contribution in [0.25, 0.3) is 16.8 Å². The number of methoxy groups -OCH3 is 1. The van der Waals surface area contributed by atoms with Crippen LogP contribution in [0.3, 0.4) is 0 Å². The number of hydrogen-bond donors (Lipinski definition) is 1. The van der Waals surface area contributed by atoms with E-state index in [4.69, 9.17) is 4.74 Å². The molecule has 1 unspecified atom stereocenters. The van der Waals surface area contributed by atoms with E-state index in [0.29, 0.717) is 11.2 Å². The Morgan fingerprint density at radius 1 is 1.07 bits per heavy atom. The summed E-state index contributed by atoms with van der Waals surface area (Å²) in [5.74, 6) is 0.764. The number of benzene rings is 2. The van der Waals surface area contributed by atoms with Crippen molar-refractivity contribution < 1.29 is 9.84 Å². The van der Waals surface area contributed by atoms with Crippen LogP contribution >= 0.6 is 0 Å². The summed E-state index contributed by atoms with van der Waals surface area (Å²) in [5, 5.41) is 15.2. The molecule has 2 heterocycles. The molecule has 0 spiro atoms. The molecule has 4 rings (SSSR count). The standard InChI is InChI=1S/C23H23N3O3/c1-15-4-9-19(16(2)12-15)22(27)14-25-10-11-26-21(23(25)28)13-20(24-26)17-5-7-18(29-3)8-6-17/h4-13,22,27H,14H2,1-3H3. The first-order valence-corrected chi connectivity index (χ1v) is 9.45. The Morgan fingerprint density at radius 2 is 1.83 bits per heavy atom. The van der Waals surface area contributed by atoms with Crippen molar-refractivity contribution in [2.45, 2.75) is 26.5 Å². The number of aryl methyl sites for hydroxylation is 2. The van der Waals surface area contributed by atoms with E-state index in [0.717, 1.165) is 28.0 Å². The van der Waals surface area contributed by atoms with Crippen molar-refractivity contribution in [3.05, 3.63) is 88.0 Å². The summed E-state index contributed by atoms with van der Waals surface area (Å²) in [5.41, 5.74) is 4.86. The van der Waals surface area contributed by atoms with Crippen LogP contribution in [0, 0.1) is 13.8 Å². The normalized spacial score (nSPS) is 12.3. The number of aliphatic hydroxyl groups excluding tert-OH is 1. The molecule has 2 aromatic carbocycles. The van der Waals surface area contributed by atoms with Crippen LogP contribution in [0.1, 0.15) is 22.8 Å². The van der Waals surface area contributed by atoms with Crippen LogP contribution in [-0.4, -0.2) is 26.4 Å². The Balaban J connectivity index is 1.66. The topological polar surface area (TPSA) is 68.8 Å². The summed E-state index contributed by atoms with van der Waals surface area (Å²) in [6.07, 6.45) is 2.63. The summed E-state index contributed by atoms with van der Waals surface area (Å²) < 4.78 is 8.28. The quantitative estimate of drug-likeness (QED) is 0.567. The Bertz CT molecular complexity index is 1220. The maximum atomic E-state index is 13.0. The highest BCUT2D eigenvalue weighted by molar-refractivity contribution is 5.66. The van der Waals surface area contributed by atoms with Crippen LogP contribution in [0.5, 0.6) is 5.75 Å². The van der Waals surface area contributed by atoms with Gasteiger partial charge >= 0.3 is 0 Å². The largest absolute Gasteiger partial charge is 0.497 e. The molecule has 0 amide bonds. The highest BCUT2D eigenvalue weighted by Crippen LogP contribution is 2.23. The summed E-state index contributed by atoms with van der Waals surface area (Å²) >= 11 is 0. The zero-order valence-corrected chi connectivity index (χ0v) is 16.7. The molecule has 148 valence electrons. The smallest absolute Gasteiger partial charge is 0.276 e. The van der Waals surface area contributed by atoms with Crippen molar-refractivity contribution in [2.75, 3.05) is 7.11 Å². The predicted octanol–water partition coefficient (Wildman–Crippen LogP) is 3.52. The van der Waals surface area contributed by atoms with E-state index in [1.165, 1.54) is 4.57 Å². The molecule has 0 radical (unpaired) electrons. The van der Waals surface area contributed by atoms with Crippen molar-refractivity contribution in [1.29, 1.82) is 0 Å². The van der Waals surface area contributed by atoms with E-state index in [1.54, 1.807) is 30.1 Å². The van der Waals surface area contributed by atoms with E-state index in [1.807, 2.05) is 56.3 Å². The van der Waals surface area contributed by atoms with Gasteiger partial charge in [0.25, 0.3) is 5.56 Å². The number of ether oxygens (including phenoxy) is 1. The van der Waals surface area contributed by atoms with Crippen molar-refractivity contribution in [3.8, 4) is 17.0 Å². The molecule has 0 aliphatic carbocycles. The second-order valence-corrected chi connectivity index (χ2v) is 7.22. The van der Waals surface area contributed by atoms with Crippen molar-refractivity contribution >= 4 is 5.52 Å². The second-order valence-electron chi connectivity index (χ2n) is 7.22. The molecule has 0 aliphatic heterocycles. The van der Waals surface area contributed by atoms with E-state index < -0.39 is 6.10 Å². The van der Waals surface area contributed by atoms with Crippen LogP contribution in [-0.2, 0) is 6.54 Å². The molecule has 1 atom stereocenters. The van der Waals surface area contributed by atoms with Gasteiger partial charge < -0.3 is 14.4 Å². The third-order valence-corrected chi connectivity index (χ3v) is 5.14. The molecule has 2 aromatic heterocycles. The highest BCUT2D eigenvalue weighted by Gasteiger charge is 2.14. The summed E-state index contributed by atoms with van der Waals surface area (Å²) in [6, 6.07) is 15.2. The molecule has 0 saturated carbocycles. The predicted molar refractivity (Wildman–Crippen MR) is 112 cm³/mol. The van der Waals surface area contributed by atoms with Crippen molar-refractivity contribution in [3.63, 3.8) is 0 Å². The van der Waals surface area contributed by atoms with Gasteiger partial charge in [-0.25, -0.2) is 4.52 Å².